The van der Waals surface area contributed by atoms with Gasteiger partial charge >= 0.3 is 0 Å². The Morgan fingerprint density at radius 1 is 1.03 bits per heavy atom. The number of nitrogens with one attached hydrogen (secondary N) is 1. The minimum atomic E-state index is -0.480. The van der Waals surface area contributed by atoms with Crippen LogP contribution < -0.4 is 10.2 Å². The van der Waals surface area contributed by atoms with E-state index in [9.17, 15) is 14.4 Å². The van der Waals surface area contributed by atoms with E-state index in [4.69, 9.17) is 11.6 Å². The van der Waals surface area contributed by atoms with Gasteiger partial charge in [0.2, 0.25) is 11.8 Å². The van der Waals surface area contributed by atoms with Crippen LogP contribution in [0, 0.1) is 13.8 Å². The lowest BCUT2D eigenvalue weighted by Gasteiger charge is -2.24. The van der Waals surface area contributed by atoms with Gasteiger partial charge < -0.3 is 5.32 Å². The van der Waals surface area contributed by atoms with Crippen LogP contribution in [0.2, 0.25) is 5.02 Å². The van der Waals surface area contributed by atoms with E-state index >= 15 is 0 Å². The molecule has 1 aliphatic rings. The van der Waals surface area contributed by atoms with E-state index in [1.807, 2.05) is 19.9 Å². The van der Waals surface area contributed by atoms with Gasteiger partial charge in [-0.05, 0) is 62.7 Å². The van der Waals surface area contributed by atoms with Crippen LogP contribution in [0.3, 0.4) is 0 Å². The number of hydrogen-bond donors (Lipinski definition) is 1. The Morgan fingerprint density at radius 2 is 1.71 bits per heavy atom. The van der Waals surface area contributed by atoms with Crippen LogP contribution in [0.5, 0.6) is 0 Å². The fourth-order valence-corrected chi connectivity index (χ4v) is 3.69. The number of carbonyl (C=O) groups excluding carboxylic acids is 3. The van der Waals surface area contributed by atoms with Crippen molar-refractivity contribution in [3.8, 4) is 5.82 Å². The second kappa shape index (κ2) is 8.31. The van der Waals surface area contributed by atoms with Crippen molar-refractivity contribution in [2.75, 3.05) is 10.2 Å². The first-order valence-electron chi connectivity index (χ1n) is 9.81. The number of rotatable bonds is 4. The molecule has 0 radical (unpaired) electrons. The molecule has 1 fully saturated rings. The van der Waals surface area contributed by atoms with Gasteiger partial charge in [-0.1, -0.05) is 11.6 Å². The molecule has 9 heteroatoms. The van der Waals surface area contributed by atoms with Crippen molar-refractivity contribution < 1.29 is 14.4 Å². The maximum Gasteiger partial charge on any atom is 0.275 e. The molecule has 0 atom stereocenters. The Kier molecular flexibility index (Phi) is 5.56. The molecule has 3 heterocycles. The number of benzene rings is 1. The van der Waals surface area contributed by atoms with Crippen molar-refractivity contribution in [3.05, 3.63) is 64.6 Å². The smallest absolute Gasteiger partial charge is 0.275 e. The highest BCUT2D eigenvalue weighted by molar-refractivity contribution is 6.34. The molecule has 0 aliphatic carbocycles. The molecule has 1 saturated heterocycles. The minimum absolute atomic E-state index is 0.0668. The van der Waals surface area contributed by atoms with Crippen LogP contribution in [0.15, 0.2) is 42.5 Å². The first kappa shape index (κ1) is 20.7. The Hall–Kier alpha value is -3.52. The average Bonchev–Trinajstić information content (AvgIpc) is 3.07. The summed E-state index contributed by atoms with van der Waals surface area (Å²) in [4.78, 5) is 42.5. The number of halogens is 1. The van der Waals surface area contributed by atoms with Crippen molar-refractivity contribution in [2.45, 2.75) is 33.1 Å². The van der Waals surface area contributed by atoms with Crippen LogP contribution in [0.1, 0.15) is 41.1 Å². The summed E-state index contributed by atoms with van der Waals surface area (Å²) in [6.07, 6.45) is 1.27. The van der Waals surface area contributed by atoms with Crippen molar-refractivity contribution in [3.63, 3.8) is 0 Å². The van der Waals surface area contributed by atoms with Gasteiger partial charge in [0.1, 0.15) is 5.69 Å². The number of hydrogen-bond acceptors (Lipinski definition) is 5. The Bertz CT molecular complexity index is 1170. The van der Waals surface area contributed by atoms with E-state index in [1.165, 1.54) is 4.90 Å². The number of pyridine rings is 1. The number of aryl methyl sites for hydroxylation is 2. The van der Waals surface area contributed by atoms with Crippen molar-refractivity contribution in [2.24, 2.45) is 0 Å². The molecule has 3 aromatic rings. The summed E-state index contributed by atoms with van der Waals surface area (Å²) in [6.45, 7) is 3.77. The van der Waals surface area contributed by atoms with Crippen LogP contribution in [0.4, 0.5) is 11.4 Å². The van der Waals surface area contributed by atoms with Crippen molar-refractivity contribution in [1.29, 1.82) is 0 Å². The number of anilines is 2. The van der Waals surface area contributed by atoms with E-state index in [-0.39, 0.29) is 22.5 Å². The molecule has 0 bridgehead atoms. The molecule has 158 valence electrons. The number of imide groups is 1. The SMILES string of the molecule is Cc1cc(C)n(-c2ccc(Cl)c(C(=O)Nc3ccc(N4C(=O)CCCC4=O)cc3)n2)n1. The molecule has 1 aromatic carbocycles. The molecular formula is C22H20ClN5O3. The molecule has 1 aliphatic heterocycles. The normalized spacial score (nSPS) is 14.1. The molecule has 0 spiro atoms. The predicted molar refractivity (Wildman–Crippen MR) is 117 cm³/mol. The first-order valence-corrected chi connectivity index (χ1v) is 10.2. The third-order valence-electron chi connectivity index (χ3n) is 4.94. The maximum absolute atomic E-state index is 12.8. The molecule has 1 N–H and O–H groups in total. The Labute approximate surface area is 183 Å². The lowest BCUT2D eigenvalue weighted by molar-refractivity contribution is -0.129. The van der Waals surface area contributed by atoms with Crippen molar-refractivity contribution in [1.82, 2.24) is 14.8 Å². The fraction of sp³-hybridized carbons (Fsp3) is 0.227. The van der Waals surface area contributed by atoms with Gasteiger partial charge in [0.05, 0.1) is 16.4 Å². The van der Waals surface area contributed by atoms with Crippen molar-refractivity contribution >= 4 is 40.7 Å². The molecule has 8 nitrogen and oxygen atoms in total. The number of nitrogens with zero attached hydrogens (tertiary/aromatic N) is 4. The van der Waals surface area contributed by atoms with Gasteiger partial charge in [0.25, 0.3) is 5.91 Å². The second-order valence-electron chi connectivity index (χ2n) is 7.32. The summed E-state index contributed by atoms with van der Waals surface area (Å²) in [6, 6.07) is 11.7. The monoisotopic (exact) mass is 437 g/mol. The summed E-state index contributed by atoms with van der Waals surface area (Å²) in [7, 11) is 0. The highest BCUT2D eigenvalue weighted by atomic mass is 35.5. The number of carbonyl (C=O) groups is 3. The molecule has 4 rings (SSSR count). The van der Waals surface area contributed by atoms with Crippen LogP contribution in [0.25, 0.3) is 5.82 Å². The van der Waals surface area contributed by atoms with E-state index in [2.05, 4.69) is 15.4 Å². The molecule has 2 aromatic heterocycles. The average molecular weight is 438 g/mol. The largest absolute Gasteiger partial charge is 0.321 e. The van der Waals surface area contributed by atoms with Gasteiger partial charge in [-0.3, -0.25) is 19.3 Å². The third-order valence-corrected chi connectivity index (χ3v) is 5.24. The number of aromatic nitrogens is 3. The molecule has 3 amide bonds. The van der Waals surface area contributed by atoms with Gasteiger partial charge in [-0.25, -0.2) is 9.67 Å². The Morgan fingerprint density at radius 3 is 2.32 bits per heavy atom. The fourth-order valence-electron chi connectivity index (χ4n) is 3.50. The third kappa shape index (κ3) is 4.20. The van der Waals surface area contributed by atoms with Gasteiger partial charge in [0, 0.05) is 24.2 Å². The van der Waals surface area contributed by atoms with E-state index in [0.717, 1.165) is 11.4 Å². The number of piperidine rings is 1. The van der Waals surface area contributed by atoms with Crippen LogP contribution >= 0.6 is 11.6 Å². The number of amides is 3. The van der Waals surface area contributed by atoms with Crippen LogP contribution in [-0.2, 0) is 9.59 Å². The van der Waals surface area contributed by atoms with E-state index < -0.39 is 5.91 Å². The minimum Gasteiger partial charge on any atom is -0.321 e. The van der Waals surface area contributed by atoms with E-state index in [0.29, 0.717) is 36.5 Å². The molecule has 0 saturated carbocycles. The van der Waals surface area contributed by atoms with Crippen LogP contribution in [-0.4, -0.2) is 32.5 Å². The van der Waals surface area contributed by atoms with Gasteiger partial charge in [-0.15, -0.1) is 0 Å². The highest BCUT2D eigenvalue weighted by Gasteiger charge is 2.27. The first-order chi connectivity index (χ1) is 14.8. The zero-order valence-electron chi connectivity index (χ0n) is 17.1. The summed E-state index contributed by atoms with van der Waals surface area (Å²) in [5, 5.41) is 7.34. The summed E-state index contributed by atoms with van der Waals surface area (Å²) in [5.41, 5.74) is 2.76. The lowest BCUT2D eigenvalue weighted by Crippen LogP contribution is -2.40. The summed E-state index contributed by atoms with van der Waals surface area (Å²) < 4.78 is 1.64. The predicted octanol–water partition coefficient (Wildman–Crippen LogP) is 3.83. The van der Waals surface area contributed by atoms with E-state index in [1.54, 1.807) is 41.1 Å². The molecule has 31 heavy (non-hydrogen) atoms. The quantitative estimate of drug-likeness (QED) is 0.625. The standard InChI is InChI=1S/C22H20ClN5O3/c1-13-12-14(2)28(26-13)18-11-10-17(23)21(25-18)22(31)24-15-6-8-16(9-7-15)27-19(29)4-3-5-20(27)30/h6-12H,3-5H2,1-2H3,(H,24,31). The van der Waals surface area contributed by atoms with Gasteiger partial charge in [-0.2, -0.15) is 5.10 Å². The highest BCUT2D eigenvalue weighted by Crippen LogP contribution is 2.24. The summed E-state index contributed by atoms with van der Waals surface area (Å²) in [5.74, 6) is -0.432. The Balaban J connectivity index is 1.54. The zero-order chi connectivity index (χ0) is 22.1. The van der Waals surface area contributed by atoms with Gasteiger partial charge in [0.15, 0.2) is 5.82 Å². The lowest BCUT2D eigenvalue weighted by atomic mass is 10.1. The second-order valence-corrected chi connectivity index (χ2v) is 7.72. The summed E-state index contributed by atoms with van der Waals surface area (Å²) >= 11 is 6.21. The molecular weight excluding hydrogens is 418 g/mol. The zero-order valence-corrected chi connectivity index (χ0v) is 17.8. The topological polar surface area (TPSA) is 97.2 Å². The maximum atomic E-state index is 12.8. The molecule has 0 unspecified atom stereocenters.